The number of benzene rings is 1. The molecule has 16 heteroatoms. The quantitative estimate of drug-likeness (QED) is 0.0924. The van der Waals surface area contributed by atoms with E-state index in [1.54, 1.807) is 24.7 Å². The first kappa shape index (κ1) is 43.4. The molecule has 0 radical (unpaired) electrons. The number of unbranched alkanes of at least 4 members (excludes halogenated alkanes) is 1. The van der Waals surface area contributed by atoms with Gasteiger partial charge in [0.15, 0.2) is 11.6 Å². The Kier molecular flexibility index (Phi) is 16.3. The van der Waals surface area contributed by atoms with Crippen molar-refractivity contribution in [3.8, 4) is 11.5 Å². The lowest BCUT2D eigenvalue weighted by Gasteiger charge is -2.54. The van der Waals surface area contributed by atoms with Crippen LogP contribution in [0.25, 0.3) is 0 Å². The number of fused-ring (bicyclic) bond motifs is 1. The molecule has 1 aromatic heterocycles. The van der Waals surface area contributed by atoms with Crippen LogP contribution >= 0.6 is 11.8 Å². The number of aromatic nitrogens is 2. The molecule has 1 saturated carbocycles. The molecule has 0 bridgehead atoms. The van der Waals surface area contributed by atoms with Crippen molar-refractivity contribution in [2.75, 3.05) is 96.1 Å². The summed E-state index contributed by atoms with van der Waals surface area (Å²) in [5.41, 5.74) is 0.771. The summed E-state index contributed by atoms with van der Waals surface area (Å²) < 4.78 is 23.1. The Morgan fingerprint density at radius 1 is 0.881 bits per heavy atom. The third-order valence-electron chi connectivity index (χ3n) is 12.4. The van der Waals surface area contributed by atoms with Crippen molar-refractivity contribution < 1.29 is 33.3 Å². The first-order valence-corrected chi connectivity index (χ1v) is 23.0. The molecule has 5 fully saturated rings. The lowest BCUT2D eigenvalue weighted by molar-refractivity contribution is -0.121. The maximum absolute atomic E-state index is 13.2. The summed E-state index contributed by atoms with van der Waals surface area (Å²) in [6.07, 6.45) is 16.0. The number of amides is 4. The molecule has 7 rings (SSSR count). The fraction of sp³-hybridized carbons (Fsp3) is 0.698. The molecule has 15 nitrogen and oxygen atoms in total. The fourth-order valence-corrected chi connectivity index (χ4v) is 10.7. The lowest BCUT2D eigenvalue weighted by atomic mass is 9.71. The van der Waals surface area contributed by atoms with Crippen LogP contribution in [0, 0.1) is 11.3 Å². The summed E-state index contributed by atoms with van der Waals surface area (Å²) in [5.74, 6) is 3.40. The molecule has 5 heterocycles. The van der Waals surface area contributed by atoms with Gasteiger partial charge in [-0.3, -0.25) is 9.59 Å². The van der Waals surface area contributed by atoms with Crippen molar-refractivity contribution in [1.29, 1.82) is 0 Å². The molecular formula is C43H64N8O7S. The van der Waals surface area contributed by atoms with Crippen LogP contribution in [-0.2, 0) is 19.0 Å². The van der Waals surface area contributed by atoms with E-state index >= 15 is 0 Å². The number of nitrogens with zero attached hydrogens (tertiary/aromatic N) is 4. The number of anilines is 1. The normalized spacial score (nSPS) is 22.7. The minimum Gasteiger partial charge on any atom is -0.451 e. The number of hydrogen-bond acceptors (Lipinski definition) is 12. The van der Waals surface area contributed by atoms with Gasteiger partial charge >= 0.3 is 6.03 Å². The number of hydrogen-bond donors (Lipinski definition) is 4. The Hall–Kier alpha value is -3.70. The van der Waals surface area contributed by atoms with Crippen LogP contribution in [0.3, 0.4) is 0 Å². The molecule has 3 atom stereocenters. The Balaban J connectivity index is 0.701. The minimum atomic E-state index is -0.245. The average molecular weight is 837 g/mol. The maximum Gasteiger partial charge on any atom is 0.315 e. The average Bonchev–Trinajstić information content (AvgIpc) is 3.80. The van der Waals surface area contributed by atoms with E-state index in [1.165, 1.54) is 64.6 Å². The third kappa shape index (κ3) is 12.7. The van der Waals surface area contributed by atoms with Gasteiger partial charge in [-0.25, -0.2) is 14.8 Å². The van der Waals surface area contributed by atoms with Crippen molar-refractivity contribution in [3.05, 3.63) is 42.4 Å². The smallest absolute Gasteiger partial charge is 0.315 e. The summed E-state index contributed by atoms with van der Waals surface area (Å²) in [6.45, 7) is 8.79. The van der Waals surface area contributed by atoms with Crippen LogP contribution in [0.2, 0.25) is 0 Å². The summed E-state index contributed by atoms with van der Waals surface area (Å²) in [5, 5.41) is 12.2. The van der Waals surface area contributed by atoms with Crippen LogP contribution in [-0.4, -0.2) is 141 Å². The van der Waals surface area contributed by atoms with E-state index in [9.17, 15) is 14.4 Å². The van der Waals surface area contributed by atoms with E-state index in [2.05, 4.69) is 41.0 Å². The number of likely N-dealkylation sites (tertiary alicyclic amines) is 1. The number of rotatable bonds is 23. The Bertz CT molecular complexity index is 1650. The van der Waals surface area contributed by atoms with Crippen molar-refractivity contribution in [3.63, 3.8) is 0 Å². The first-order valence-electron chi connectivity index (χ1n) is 22.0. The van der Waals surface area contributed by atoms with Gasteiger partial charge in [0.1, 0.15) is 12.1 Å². The second-order valence-electron chi connectivity index (χ2n) is 16.8. The zero-order valence-corrected chi connectivity index (χ0v) is 35.3. The number of para-hydroxylation sites is 1. The predicted octanol–water partition coefficient (Wildman–Crippen LogP) is 4.37. The first-order chi connectivity index (χ1) is 28.9. The number of carbonyl (C=O) groups is 3. The number of urea groups is 1. The Morgan fingerprint density at radius 2 is 1.61 bits per heavy atom. The predicted molar refractivity (Wildman–Crippen MR) is 227 cm³/mol. The fourth-order valence-electron chi connectivity index (χ4n) is 9.15. The summed E-state index contributed by atoms with van der Waals surface area (Å²) >= 11 is 1.90. The zero-order valence-electron chi connectivity index (χ0n) is 34.5. The van der Waals surface area contributed by atoms with E-state index in [4.69, 9.17) is 18.9 Å². The highest BCUT2D eigenvalue weighted by Gasteiger charge is 2.46. The third-order valence-corrected chi connectivity index (χ3v) is 14.0. The van der Waals surface area contributed by atoms with Crippen molar-refractivity contribution >= 4 is 35.4 Å². The van der Waals surface area contributed by atoms with E-state index in [-0.39, 0.29) is 29.9 Å². The van der Waals surface area contributed by atoms with E-state index in [0.717, 1.165) is 49.8 Å². The van der Waals surface area contributed by atoms with Crippen LogP contribution in [0.1, 0.15) is 81.0 Å². The van der Waals surface area contributed by atoms with Crippen molar-refractivity contribution in [2.45, 2.75) is 88.0 Å². The molecule has 1 unspecified atom stereocenters. The molecular weight excluding hydrogens is 773 g/mol. The van der Waals surface area contributed by atoms with Crippen molar-refractivity contribution in [1.82, 2.24) is 36.1 Å². The van der Waals surface area contributed by atoms with Crippen LogP contribution < -0.4 is 30.9 Å². The Morgan fingerprint density at radius 3 is 2.39 bits per heavy atom. The Labute approximate surface area is 353 Å². The molecule has 4 saturated heterocycles. The standard InChI is InChI=1S/C43H64N8O7S/c52-38(13-7-6-12-37-39-34(28-59-37)48-42(54)49-39)45-16-20-55-22-24-57-25-23-56-21-17-46-41(53)33-10-4-5-11-35(33)58-36-26-44-31-47-40(36)51-29-43(30-51)14-18-50(19-15-43)27-32-8-2-1-3-9-32/h4-5,10-11,26,31-32,34,37,39H,1-3,6-9,12-25,27-30H2,(H,45,52)(H,46,53)(H2,48,49,54)/t34-,37?,39-/m0/s1. The van der Waals surface area contributed by atoms with E-state index in [0.29, 0.717) is 86.9 Å². The largest absolute Gasteiger partial charge is 0.451 e. The highest BCUT2D eigenvalue weighted by molar-refractivity contribution is 8.00. The zero-order chi connectivity index (χ0) is 40.7. The van der Waals surface area contributed by atoms with E-state index < -0.39 is 0 Å². The van der Waals surface area contributed by atoms with Crippen LogP contribution in [0.5, 0.6) is 11.5 Å². The second kappa shape index (κ2) is 22.2. The molecule has 59 heavy (non-hydrogen) atoms. The van der Waals surface area contributed by atoms with Gasteiger partial charge < -0.3 is 50.0 Å². The van der Waals surface area contributed by atoms with Gasteiger partial charge in [0.2, 0.25) is 5.91 Å². The van der Waals surface area contributed by atoms with Crippen molar-refractivity contribution in [2.24, 2.45) is 11.3 Å². The highest BCUT2D eigenvalue weighted by atomic mass is 32.2. The number of carbonyl (C=O) groups excluding carboxylic acids is 3. The number of piperidine rings is 1. The highest BCUT2D eigenvalue weighted by Crippen LogP contribution is 2.45. The van der Waals surface area contributed by atoms with Gasteiger partial charge in [0.25, 0.3) is 5.91 Å². The number of thioether (sulfide) groups is 1. The van der Waals surface area contributed by atoms with Gasteiger partial charge in [-0.1, -0.05) is 37.8 Å². The molecule has 324 valence electrons. The van der Waals surface area contributed by atoms with E-state index in [1.807, 2.05) is 23.9 Å². The molecule has 5 aliphatic rings. The monoisotopic (exact) mass is 836 g/mol. The second-order valence-corrected chi connectivity index (χ2v) is 18.1. The summed E-state index contributed by atoms with van der Waals surface area (Å²) in [7, 11) is 0. The summed E-state index contributed by atoms with van der Waals surface area (Å²) in [6, 6.07) is 7.61. The molecule has 4 aliphatic heterocycles. The molecule has 4 amide bonds. The van der Waals surface area contributed by atoms with Gasteiger partial charge in [-0.2, -0.15) is 11.8 Å². The lowest BCUT2D eigenvalue weighted by Crippen LogP contribution is -2.61. The molecule has 2 aromatic rings. The van der Waals surface area contributed by atoms with Gasteiger partial charge in [0.05, 0.1) is 63.5 Å². The van der Waals surface area contributed by atoms with Gasteiger partial charge in [-0.15, -0.1) is 0 Å². The maximum atomic E-state index is 13.2. The van der Waals surface area contributed by atoms with Gasteiger partial charge in [-0.05, 0) is 69.7 Å². The number of nitrogens with one attached hydrogen (secondary N) is 4. The molecule has 1 aromatic carbocycles. The topological polar surface area (TPSA) is 169 Å². The SMILES string of the molecule is O=C(CCCCC1SC[C@@H]2NC(=O)N[C@H]12)NCCOCCOCCOCCNC(=O)c1ccccc1Oc1cncnc1N1CC2(CCN(CC3CCCCC3)CC2)C1. The summed E-state index contributed by atoms with van der Waals surface area (Å²) in [4.78, 5) is 50.7. The van der Waals surface area contributed by atoms with Gasteiger partial charge in [0, 0.05) is 55.6 Å². The molecule has 1 aliphatic carbocycles. The van der Waals surface area contributed by atoms with Crippen LogP contribution in [0.4, 0.5) is 10.6 Å². The molecule has 4 N–H and O–H groups in total. The molecule has 1 spiro atoms. The minimum absolute atomic E-state index is 0.0323. The number of ether oxygens (including phenoxy) is 4. The van der Waals surface area contributed by atoms with Crippen LogP contribution in [0.15, 0.2) is 36.8 Å².